The Balaban J connectivity index is 0.00000245. The molecule has 1 N–H and O–H groups in total. The largest absolute Gasteiger partial charge is 0.493 e. The summed E-state index contributed by atoms with van der Waals surface area (Å²) in [6.07, 6.45) is 6.81. The molecule has 0 unspecified atom stereocenters. The minimum absolute atomic E-state index is 0. The molecule has 7 nitrogen and oxygen atoms in total. The third-order valence-corrected chi connectivity index (χ3v) is 5.94. The first-order valence-electron chi connectivity index (χ1n) is 10.7. The molecule has 1 saturated heterocycles. The van der Waals surface area contributed by atoms with E-state index < -0.39 is 0 Å². The van der Waals surface area contributed by atoms with Gasteiger partial charge < -0.3 is 19.6 Å². The van der Waals surface area contributed by atoms with Crippen LogP contribution in [-0.2, 0) is 0 Å². The van der Waals surface area contributed by atoms with Crippen LogP contribution in [0.3, 0.4) is 0 Å². The molecule has 32 heavy (non-hydrogen) atoms. The quantitative estimate of drug-likeness (QED) is 0.320. The molecule has 2 aromatic carbocycles. The van der Waals surface area contributed by atoms with Gasteiger partial charge in [-0.05, 0) is 44.5 Å². The Morgan fingerprint density at radius 1 is 1.03 bits per heavy atom. The van der Waals surface area contributed by atoms with Gasteiger partial charge in [0, 0.05) is 28.9 Å². The number of methoxy groups -OCH3 is 1. The molecule has 1 aliphatic rings. The van der Waals surface area contributed by atoms with E-state index in [4.69, 9.17) is 9.47 Å². The van der Waals surface area contributed by atoms with E-state index in [1.807, 2.05) is 36.4 Å². The lowest BCUT2D eigenvalue weighted by Gasteiger charge is -2.16. The Kier molecular flexibility index (Phi) is 6.67. The number of likely N-dealkylation sites (tertiary alicyclic amines) is 1. The number of aromatic nitrogens is 3. The molecule has 5 rings (SSSR count). The summed E-state index contributed by atoms with van der Waals surface area (Å²) in [5, 5.41) is 12.1. The van der Waals surface area contributed by atoms with Crippen LogP contribution in [0.2, 0.25) is 0 Å². The normalized spacial score (nSPS) is 14.0. The average Bonchev–Trinajstić information content (AvgIpc) is 3.44. The number of hydrogen-bond donors (Lipinski definition) is 1. The van der Waals surface area contributed by atoms with Crippen molar-refractivity contribution in [3.63, 3.8) is 0 Å². The summed E-state index contributed by atoms with van der Waals surface area (Å²) in [6, 6.07) is 11.5. The first-order valence-corrected chi connectivity index (χ1v) is 10.7. The predicted molar refractivity (Wildman–Crippen MR) is 127 cm³/mol. The molecule has 168 valence electrons. The molecule has 0 atom stereocenters. The number of benzene rings is 2. The lowest BCUT2D eigenvalue weighted by molar-refractivity contribution is 0.200. The number of rotatable bonds is 7. The van der Waals surface area contributed by atoms with Crippen LogP contribution >= 0.6 is 12.4 Å². The van der Waals surface area contributed by atoms with Crippen LogP contribution in [0.1, 0.15) is 19.3 Å². The summed E-state index contributed by atoms with van der Waals surface area (Å²) < 4.78 is 12.8. The van der Waals surface area contributed by atoms with E-state index in [1.54, 1.807) is 19.6 Å². The number of fused-ring (bicyclic) bond motifs is 2. The van der Waals surface area contributed by atoms with Crippen LogP contribution in [0.5, 0.6) is 11.5 Å². The molecule has 0 aliphatic carbocycles. The third-order valence-electron chi connectivity index (χ3n) is 5.94. The van der Waals surface area contributed by atoms with Gasteiger partial charge in [-0.2, -0.15) is 4.73 Å². The Morgan fingerprint density at radius 2 is 1.84 bits per heavy atom. The fraction of sp³-hybridized carbons (Fsp3) is 0.333. The molecule has 0 bridgehead atoms. The van der Waals surface area contributed by atoms with E-state index in [2.05, 4.69) is 14.9 Å². The lowest BCUT2D eigenvalue weighted by Crippen LogP contribution is -2.21. The Labute approximate surface area is 193 Å². The van der Waals surface area contributed by atoms with E-state index in [0.717, 1.165) is 50.8 Å². The van der Waals surface area contributed by atoms with Gasteiger partial charge >= 0.3 is 0 Å². The van der Waals surface area contributed by atoms with Gasteiger partial charge in [0.1, 0.15) is 6.33 Å². The maximum atomic E-state index is 10.3. The highest BCUT2D eigenvalue weighted by Gasteiger charge is 2.17. The van der Waals surface area contributed by atoms with E-state index in [-0.39, 0.29) is 12.4 Å². The second kappa shape index (κ2) is 9.63. The van der Waals surface area contributed by atoms with Gasteiger partial charge in [-0.15, -0.1) is 12.4 Å². The highest BCUT2D eigenvalue weighted by molar-refractivity contribution is 6.03. The number of ether oxygens (including phenoxy) is 2. The number of nitrogens with zero attached hydrogens (tertiary/aromatic N) is 4. The molecular weight excluding hydrogens is 428 g/mol. The SMILES string of the molecule is COc1cc2c(-c3cn(O)c4ccccc34)ncnc2cc1OCCCN1CCCC1.Cl. The molecule has 0 spiro atoms. The van der Waals surface area contributed by atoms with Crippen LogP contribution in [0.25, 0.3) is 33.1 Å². The van der Waals surface area contributed by atoms with Gasteiger partial charge in [0.05, 0.1) is 36.6 Å². The zero-order valence-electron chi connectivity index (χ0n) is 18.0. The second-order valence-corrected chi connectivity index (χ2v) is 7.90. The summed E-state index contributed by atoms with van der Waals surface area (Å²) in [5.74, 6) is 1.34. The lowest BCUT2D eigenvalue weighted by atomic mass is 10.1. The summed E-state index contributed by atoms with van der Waals surface area (Å²) in [4.78, 5) is 11.5. The molecule has 3 heterocycles. The van der Waals surface area contributed by atoms with Crippen molar-refractivity contribution in [3.05, 3.63) is 48.9 Å². The van der Waals surface area contributed by atoms with Crippen molar-refractivity contribution < 1.29 is 14.7 Å². The zero-order valence-corrected chi connectivity index (χ0v) is 18.8. The van der Waals surface area contributed by atoms with E-state index in [9.17, 15) is 5.21 Å². The number of hydrogen-bond acceptors (Lipinski definition) is 6. The standard InChI is InChI=1S/C24H26N4O3.ClH/c1-30-22-13-18-20(14-23(22)31-12-6-11-27-9-4-5-10-27)25-16-26-24(18)19-15-28(29)21-8-3-2-7-17(19)21;/h2-3,7-8,13-16,29H,4-6,9-12H2,1H3;1H. The van der Waals surface area contributed by atoms with Crippen LogP contribution < -0.4 is 9.47 Å². The number of para-hydroxylation sites is 1. The molecule has 2 aromatic heterocycles. The fourth-order valence-corrected chi connectivity index (χ4v) is 4.38. The van der Waals surface area contributed by atoms with Crippen molar-refractivity contribution in [1.82, 2.24) is 19.6 Å². The van der Waals surface area contributed by atoms with Crippen molar-refractivity contribution in [2.75, 3.05) is 33.4 Å². The smallest absolute Gasteiger partial charge is 0.163 e. The van der Waals surface area contributed by atoms with Crippen molar-refractivity contribution >= 4 is 34.2 Å². The van der Waals surface area contributed by atoms with Crippen molar-refractivity contribution in [1.29, 1.82) is 0 Å². The van der Waals surface area contributed by atoms with Crippen LogP contribution in [0.4, 0.5) is 0 Å². The Morgan fingerprint density at radius 3 is 2.66 bits per heavy atom. The van der Waals surface area contributed by atoms with Gasteiger partial charge in [0.25, 0.3) is 0 Å². The van der Waals surface area contributed by atoms with Gasteiger partial charge in [0.15, 0.2) is 11.5 Å². The minimum atomic E-state index is 0. The second-order valence-electron chi connectivity index (χ2n) is 7.90. The summed E-state index contributed by atoms with van der Waals surface area (Å²) in [7, 11) is 1.64. The topological polar surface area (TPSA) is 72.6 Å². The monoisotopic (exact) mass is 454 g/mol. The van der Waals surface area contributed by atoms with Gasteiger partial charge in [-0.25, -0.2) is 9.97 Å². The van der Waals surface area contributed by atoms with Gasteiger partial charge in [-0.3, -0.25) is 0 Å². The highest BCUT2D eigenvalue weighted by Crippen LogP contribution is 2.37. The predicted octanol–water partition coefficient (Wildman–Crippen LogP) is 4.78. The van der Waals surface area contributed by atoms with Crippen molar-refractivity contribution in [3.8, 4) is 22.8 Å². The van der Waals surface area contributed by atoms with E-state index >= 15 is 0 Å². The molecule has 8 heteroatoms. The maximum Gasteiger partial charge on any atom is 0.163 e. The zero-order chi connectivity index (χ0) is 21.2. The van der Waals surface area contributed by atoms with Crippen molar-refractivity contribution in [2.24, 2.45) is 0 Å². The fourth-order valence-electron chi connectivity index (χ4n) is 4.38. The molecular formula is C24H27ClN4O3. The summed E-state index contributed by atoms with van der Waals surface area (Å²) >= 11 is 0. The third kappa shape index (κ3) is 4.18. The van der Waals surface area contributed by atoms with E-state index in [0.29, 0.717) is 18.1 Å². The summed E-state index contributed by atoms with van der Waals surface area (Å²) in [5.41, 5.74) is 3.09. The van der Waals surface area contributed by atoms with Crippen LogP contribution in [0.15, 0.2) is 48.9 Å². The van der Waals surface area contributed by atoms with Crippen LogP contribution in [0, 0.1) is 0 Å². The average molecular weight is 455 g/mol. The Bertz CT molecular complexity index is 1220. The highest BCUT2D eigenvalue weighted by atomic mass is 35.5. The molecule has 0 saturated carbocycles. The molecule has 0 amide bonds. The molecule has 0 radical (unpaired) electrons. The molecule has 1 fully saturated rings. The van der Waals surface area contributed by atoms with Gasteiger partial charge in [-0.1, -0.05) is 18.2 Å². The molecule has 1 aliphatic heterocycles. The molecule has 4 aromatic rings. The Hall–Kier alpha value is -3.03. The van der Waals surface area contributed by atoms with Crippen LogP contribution in [-0.4, -0.2) is 58.2 Å². The van der Waals surface area contributed by atoms with Gasteiger partial charge in [0.2, 0.25) is 0 Å². The van der Waals surface area contributed by atoms with E-state index in [1.165, 1.54) is 25.9 Å². The minimum Gasteiger partial charge on any atom is -0.493 e. The van der Waals surface area contributed by atoms with Crippen molar-refractivity contribution in [2.45, 2.75) is 19.3 Å². The summed E-state index contributed by atoms with van der Waals surface area (Å²) in [6.45, 7) is 4.09. The maximum absolute atomic E-state index is 10.3. The first-order chi connectivity index (χ1) is 15.2. The first kappa shape index (κ1) is 22.2. The number of halogens is 1.